The van der Waals surface area contributed by atoms with Gasteiger partial charge in [-0.15, -0.1) is 0 Å². The van der Waals surface area contributed by atoms with Gasteiger partial charge in [0.05, 0.1) is 5.69 Å². The van der Waals surface area contributed by atoms with E-state index < -0.39 is 0 Å². The Balaban J connectivity index is 1.94. The molecule has 1 aromatic heterocycles. The first kappa shape index (κ1) is 14.1. The van der Waals surface area contributed by atoms with Crippen molar-refractivity contribution >= 4 is 17.3 Å². The van der Waals surface area contributed by atoms with E-state index in [0.717, 1.165) is 17.1 Å². The highest BCUT2D eigenvalue weighted by molar-refractivity contribution is 5.91. The third-order valence-electron chi connectivity index (χ3n) is 3.46. The molecule has 0 atom stereocenters. The second-order valence-electron chi connectivity index (χ2n) is 4.94. The normalized spacial score (nSPS) is 10.6. The number of carbonyl (C=O) groups excluding carboxylic acids is 1. The van der Waals surface area contributed by atoms with Crippen LogP contribution in [0.2, 0.25) is 0 Å². The van der Waals surface area contributed by atoms with Gasteiger partial charge in [0.15, 0.2) is 0 Å². The topological polar surface area (TPSA) is 72.9 Å². The van der Waals surface area contributed by atoms with Crippen LogP contribution < -0.4 is 11.1 Å². The molecule has 0 saturated carbocycles. The summed E-state index contributed by atoms with van der Waals surface area (Å²) in [6.07, 6.45) is 0.385. The Morgan fingerprint density at radius 3 is 2.70 bits per heavy atom. The molecule has 0 unspecified atom stereocenters. The van der Waals surface area contributed by atoms with Crippen LogP contribution in [0, 0.1) is 20.8 Å². The number of nitrogens with two attached hydrogens (primary N) is 1. The van der Waals surface area contributed by atoms with Crippen LogP contribution in [-0.2, 0) is 11.3 Å². The lowest BCUT2D eigenvalue weighted by Gasteiger charge is -2.07. The molecule has 2 aromatic rings. The summed E-state index contributed by atoms with van der Waals surface area (Å²) in [6, 6.07) is 7.16. The van der Waals surface area contributed by atoms with E-state index >= 15 is 0 Å². The lowest BCUT2D eigenvalue weighted by atomic mass is 10.2. The van der Waals surface area contributed by atoms with Crippen molar-refractivity contribution in [3.05, 3.63) is 41.2 Å². The first-order valence-electron chi connectivity index (χ1n) is 6.63. The summed E-state index contributed by atoms with van der Waals surface area (Å²) >= 11 is 0. The molecular weight excluding hydrogens is 252 g/mol. The van der Waals surface area contributed by atoms with Gasteiger partial charge in [0.2, 0.25) is 5.91 Å². The van der Waals surface area contributed by atoms with Crippen LogP contribution in [0.25, 0.3) is 0 Å². The van der Waals surface area contributed by atoms with Crippen LogP contribution >= 0.6 is 0 Å². The Morgan fingerprint density at radius 1 is 1.35 bits per heavy atom. The number of carbonyl (C=O) groups is 1. The van der Waals surface area contributed by atoms with E-state index in [2.05, 4.69) is 10.4 Å². The molecule has 5 heteroatoms. The van der Waals surface area contributed by atoms with Crippen molar-refractivity contribution < 1.29 is 4.79 Å². The zero-order valence-electron chi connectivity index (χ0n) is 12.1. The number of anilines is 2. The fraction of sp³-hybridized carbons (Fsp3) is 0.333. The highest BCUT2D eigenvalue weighted by atomic mass is 16.1. The molecule has 1 amide bonds. The van der Waals surface area contributed by atoms with Gasteiger partial charge in [-0.2, -0.15) is 5.10 Å². The summed E-state index contributed by atoms with van der Waals surface area (Å²) in [5.74, 6) is -0.0409. The molecule has 20 heavy (non-hydrogen) atoms. The average molecular weight is 272 g/mol. The molecule has 2 rings (SSSR count). The smallest absolute Gasteiger partial charge is 0.226 e. The van der Waals surface area contributed by atoms with Gasteiger partial charge in [0.25, 0.3) is 0 Å². The molecule has 106 valence electrons. The molecule has 0 aliphatic carbocycles. The van der Waals surface area contributed by atoms with Crippen molar-refractivity contribution in [1.82, 2.24) is 9.78 Å². The van der Waals surface area contributed by atoms with Gasteiger partial charge in [-0.1, -0.05) is 6.07 Å². The van der Waals surface area contributed by atoms with Gasteiger partial charge in [0.1, 0.15) is 0 Å². The van der Waals surface area contributed by atoms with E-state index in [1.807, 2.05) is 37.6 Å². The maximum atomic E-state index is 11.9. The number of hydrogen-bond acceptors (Lipinski definition) is 3. The zero-order valence-corrected chi connectivity index (χ0v) is 12.1. The van der Waals surface area contributed by atoms with Gasteiger partial charge in [-0.3, -0.25) is 9.48 Å². The summed E-state index contributed by atoms with van der Waals surface area (Å²) in [5, 5.41) is 7.25. The van der Waals surface area contributed by atoms with Crippen LogP contribution in [0.4, 0.5) is 11.4 Å². The van der Waals surface area contributed by atoms with Crippen LogP contribution in [0.1, 0.15) is 23.4 Å². The van der Waals surface area contributed by atoms with E-state index in [0.29, 0.717) is 18.7 Å². The van der Waals surface area contributed by atoms with Crippen LogP contribution in [0.3, 0.4) is 0 Å². The lowest BCUT2D eigenvalue weighted by molar-refractivity contribution is -0.116. The maximum absolute atomic E-state index is 11.9. The number of rotatable bonds is 4. The molecular formula is C15H20N4O. The van der Waals surface area contributed by atoms with Crippen LogP contribution in [0.15, 0.2) is 24.3 Å². The van der Waals surface area contributed by atoms with Gasteiger partial charge >= 0.3 is 0 Å². The monoisotopic (exact) mass is 272 g/mol. The van der Waals surface area contributed by atoms with Gasteiger partial charge < -0.3 is 11.1 Å². The second kappa shape index (κ2) is 5.77. The quantitative estimate of drug-likeness (QED) is 0.839. The highest BCUT2D eigenvalue weighted by Crippen LogP contribution is 2.13. The second-order valence-corrected chi connectivity index (χ2v) is 4.94. The van der Waals surface area contributed by atoms with E-state index in [-0.39, 0.29) is 5.91 Å². The third-order valence-corrected chi connectivity index (χ3v) is 3.46. The molecule has 0 bridgehead atoms. The van der Waals surface area contributed by atoms with Gasteiger partial charge in [0, 0.05) is 30.0 Å². The molecule has 0 saturated heterocycles. The molecule has 0 fully saturated rings. The first-order valence-corrected chi connectivity index (χ1v) is 6.63. The van der Waals surface area contributed by atoms with Crippen molar-refractivity contribution in [3.63, 3.8) is 0 Å². The number of aryl methyl sites for hydroxylation is 2. The fourth-order valence-electron chi connectivity index (χ4n) is 2.05. The van der Waals surface area contributed by atoms with E-state index in [4.69, 9.17) is 5.73 Å². The van der Waals surface area contributed by atoms with Gasteiger partial charge in [-0.05, 0) is 44.5 Å². The van der Waals surface area contributed by atoms with E-state index in [1.54, 1.807) is 12.1 Å². The van der Waals surface area contributed by atoms with Crippen molar-refractivity contribution in [3.8, 4) is 0 Å². The minimum absolute atomic E-state index is 0.0409. The Hall–Kier alpha value is -2.30. The predicted molar refractivity (Wildman–Crippen MR) is 80.5 cm³/mol. The van der Waals surface area contributed by atoms with Crippen molar-refractivity contribution in [2.45, 2.75) is 33.7 Å². The molecule has 0 spiro atoms. The fourth-order valence-corrected chi connectivity index (χ4v) is 2.05. The number of nitrogens with zero attached hydrogens (tertiary/aromatic N) is 2. The number of aromatic nitrogens is 2. The van der Waals surface area contributed by atoms with Crippen LogP contribution in [-0.4, -0.2) is 15.7 Å². The summed E-state index contributed by atoms with van der Waals surface area (Å²) in [6.45, 7) is 6.62. The molecule has 3 N–H and O–H groups in total. The predicted octanol–water partition coefficient (Wildman–Crippen LogP) is 2.42. The Kier molecular flexibility index (Phi) is 4.08. The Labute approximate surface area is 118 Å². The molecule has 0 aliphatic rings. The number of amides is 1. The number of benzene rings is 1. The maximum Gasteiger partial charge on any atom is 0.226 e. The number of nitrogen functional groups attached to an aromatic ring is 1. The minimum atomic E-state index is -0.0409. The summed E-state index contributed by atoms with van der Waals surface area (Å²) in [4.78, 5) is 11.9. The van der Waals surface area contributed by atoms with Crippen molar-refractivity contribution in [2.75, 3.05) is 11.1 Å². The molecule has 0 radical (unpaired) electrons. The largest absolute Gasteiger partial charge is 0.399 e. The molecule has 5 nitrogen and oxygen atoms in total. The number of nitrogens with one attached hydrogen (secondary N) is 1. The van der Waals surface area contributed by atoms with Crippen LogP contribution in [0.5, 0.6) is 0 Å². The van der Waals surface area contributed by atoms with E-state index in [1.165, 1.54) is 5.56 Å². The summed E-state index contributed by atoms with van der Waals surface area (Å²) < 4.78 is 1.88. The molecule has 1 aromatic carbocycles. The number of hydrogen-bond donors (Lipinski definition) is 2. The third kappa shape index (κ3) is 3.17. The standard InChI is InChI=1S/C15H20N4O/c1-10-11(2)18-19(12(10)3)8-7-15(20)17-14-6-4-5-13(16)9-14/h4-6,9H,7-8,16H2,1-3H3,(H,17,20). The minimum Gasteiger partial charge on any atom is -0.399 e. The first-order chi connectivity index (χ1) is 9.47. The zero-order chi connectivity index (χ0) is 14.7. The van der Waals surface area contributed by atoms with E-state index in [9.17, 15) is 4.79 Å². The van der Waals surface area contributed by atoms with Gasteiger partial charge in [-0.25, -0.2) is 0 Å². The SMILES string of the molecule is Cc1nn(CCC(=O)Nc2cccc(N)c2)c(C)c1C. The Morgan fingerprint density at radius 2 is 2.10 bits per heavy atom. The molecule has 1 heterocycles. The Bertz CT molecular complexity index is 631. The summed E-state index contributed by atoms with van der Waals surface area (Å²) in [5.41, 5.74) is 10.3. The van der Waals surface area contributed by atoms with Crippen molar-refractivity contribution in [2.24, 2.45) is 0 Å². The molecule has 0 aliphatic heterocycles. The van der Waals surface area contributed by atoms with Crippen molar-refractivity contribution in [1.29, 1.82) is 0 Å². The highest BCUT2D eigenvalue weighted by Gasteiger charge is 2.09. The lowest BCUT2D eigenvalue weighted by Crippen LogP contribution is -2.15. The summed E-state index contributed by atoms with van der Waals surface area (Å²) in [7, 11) is 0. The average Bonchev–Trinajstić information content (AvgIpc) is 2.64.